The van der Waals surface area contributed by atoms with Gasteiger partial charge in [-0.25, -0.2) is 0 Å². The molecule has 88 valence electrons. The Hall–Kier alpha value is -1.55. The minimum Gasteiger partial charge on any atom is -0.508 e. The Kier molecular flexibility index (Phi) is 4.31. The Morgan fingerprint density at radius 1 is 1.56 bits per heavy atom. The molecule has 0 aliphatic heterocycles. The van der Waals surface area contributed by atoms with E-state index in [0.29, 0.717) is 17.7 Å². The number of amides is 1. The highest BCUT2D eigenvalue weighted by Crippen LogP contribution is 2.19. The lowest BCUT2D eigenvalue weighted by Crippen LogP contribution is -2.39. The zero-order valence-electron chi connectivity index (χ0n) is 9.66. The normalized spacial score (nSPS) is 12.2. The molecule has 1 aromatic carbocycles. The van der Waals surface area contributed by atoms with E-state index < -0.39 is 0 Å². The first-order chi connectivity index (χ1) is 7.60. The molecule has 0 aliphatic rings. The van der Waals surface area contributed by atoms with Crippen molar-refractivity contribution >= 4 is 5.91 Å². The zero-order chi connectivity index (χ0) is 12.1. The van der Waals surface area contributed by atoms with E-state index in [1.54, 1.807) is 25.1 Å². The van der Waals surface area contributed by atoms with Crippen LogP contribution >= 0.6 is 0 Å². The fourth-order valence-corrected chi connectivity index (χ4v) is 1.46. The van der Waals surface area contributed by atoms with E-state index in [1.165, 1.54) is 0 Å². The van der Waals surface area contributed by atoms with E-state index in [4.69, 9.17) is 5.73 Å². The number of carbonyl (C=O) groups excluding carboxylic acids is 1. The highest BCUT2D eigenvalue weighted by atomic mass is 16.3. The first-order valence-corrected chi connectivity index (χ1v) is 5.39. The van der Waals surface area contributed by atoms with Gasteiger partial charge in [0.15, 0.2) is 0 Å². The molecule has 0 saturated carbocycles. The Morgan fingerprint density at radius 3 is 2.81 bits per heavy atom. The first-order valence-electron chi connectivity index (χ1n) is 5.39. The highest BCUT2D eigenvalue weighted by molar-refractivity contribution is 5.96. The van der Waals surface area contributed by atoms with Crippen molar-refractivity contribution in [3.05, 3.63) is 29.3 Å². The smallest absolute Gasteiger partial charge is 0.251 e. The van der Waals surface area contributed by atoms with Crippen molar-refractivity contribution in [1.29, 1.82) is 0 Å². The molecule has 0 aliphatic carbocycles. The summed E-state index contributed by atoms with van der Waals surface area (Å²) in [6.45, 7) is 4.10. The van der Waals surface area contributed by atoms with Gasteiger partial charge >= 0.3 is 0 Å². The number of nitrogens with two attached hydrogens (primary N) is 1. The van der Waals surface area contributed by atoms with E-state index in [1.807, 2.05) is 6.92 Å². The van der Waals surface area contributed by atoms with Gasteiger partial charge in [-0.3, -0.25) is 4.79 Å². The lowest BCUT2D eigenvalue weighted by atomic mass is 10.1. The van der Waals surface area contributed by atoms with Gasteiger partial charge in [-0.1, -0.05) is 13.0 Å². The third kappa shape index (κ3) is 2.73. The summed E-state index contributed by atoms with van der Waals surface area (Å²) in [5.41, 5.74) is 6.60. The molecular weight excluding hydrogens is 204 g/mol. The average Bonchev–Trinajstić information content (AvgIpc) is 2.29. The minimum atomic E-state index is -0.189. The van der Waals surface area contributed by atoms with Gasteiger partial charge < -0.3 is 16.2 Å². The van der Waals surface area contributed by atoms with Crippen LogP contribution in [0.3, 0.4) is 0 Å². The van der Waals surface area contributed by atoms with E-state index in [0.717, 1.165) is 6.42 Å². The largest absolute Gasteiger partial charge is 0.508 e. The molecule has 4 N–H and O–H groups in total. The molecule has 16 heavy (non-hydrogen) atoms. The molecule has 1 aromatic rings. The molecule has 0 fully saturated rings. The van der Waals surface area contributed by atoms with Crippen LogP contribution in [0, 0.1) is 6.92 Å². The maximum Gasteiger partial charge on any atom is 0.251 e. The number of hydrogen-bond acceptors (Lipinski definition) is 3. The Morgan fingerprint density at radius 2 is 2.25 bits per heavy atom. The van der Waals surface area contributed by atoms with Crippen LogP contribution in [0.1, 0.15) is 29.3 Å². The van der Waals surface area contributed by atoms with E-state index >= 15 is 0 Å². The number of aromatic hydroxyl groups is 1. The van der Waals surface area contributed by atoms with Crippen LogP contribution in [0.25, 0.3) is 0 Å². The predicted molar refractivity (Wildman–Crippen MR) is 63.4 cm³/mol. The molecule has 0 spiro atoms. The molecule has 0 heterocycles. The Labute approximate surface area is 95.5 Å². The molecular formula is C12H18N2O2. The molecule has 0 aromatic heterocycles. The summed E-state index contributed by atoms with van der Waals surface area (Å²) in [6, 6.07) is 4.88. The fraction of sp³-hybridized carbons (Fsp3) is 0.417. The maximum atomic E-state index is 11.9. The van der Waals surface area contributed by atoms with Crippen LogP contribution in [0.5, 0.6) is 5.75 Å². The molecule has 1 atom stereocenters. The van der Waals surface area contributed by atoms with E-state index in [-0.39, 0.29) is 17.7 Å². The number of benzene rings is 1. The van der Waals surface area contributed by atoms with Crippen molar-refractivity contribution in [2.24, 2.45) is 5.73 Å². The molecule has 4 heteroatoms. The van der Waals surface area contributed by atoms with Crippen molar-refractivity contribution in [2.75, 3.05) is 6.54 Å². The van der Waals surface area contributed by atoms with Crippen LogP contribution < -0.4 is 11.1 Å². The van der Waals surface area contributed by atoms with Gasteiger partial charge in [0.1, 0.15) is 5.75 Å². The molecule has 0 radical (unpaired) electrons. The molecule has 4 nitrogen and oxygen atoms in total. The summed E-state index contributed by atoms with van der Waals surface area (Å²) in [5.74, 6) is -0.0563. The molecule has 1 amide bonds. The van der Waals surface area contributed by atoms with Gasteiger partial charge in [-0.05, 0) is 25.5 Å². The second-order valence-electron chi connectivity index (χ2n) is 3.76. The quantitative estimate of drug-likeness (QED) is 0.715. The second kappa shape index (κ2) is 5.51. The molecule has 1 rings (SSSR count). The summed E-state index contributed by atoms with van der Waals surface area (Å²) in [4.78, 5) is 11.9. The Bertz CT molecular complexity index is 373. The van der Waals surface area contributed by atoms with Gasteiger partial charge in [0.05, 0.1) is 0 Å². The summed E-state index contributed by atoms with van der Waals surface area (Å²) >= 11 is 0. The first kappa shape index (κ1) is 12.5. The van der Waals surface area contributed by atoms with Gasteiger partial charge in [0, 0.05) is 23.7 Å². The van der Waals surface area contributed by atoms with Crippen molar-refractivity contribution < 1.29 is 9.90 Å². The monoisotopic (exact) mass is 222 g/mol. The number of carbonyl (C=O) groups is 1. The van der Waals surface area contributed by atoms with Crippen molar-refractivity contribution in [3.8, 4) is 5.75 Å². The van der Waals surface area contributed by atoms with E-state index in [9.17, 15) is 9.90 Å². The van der Waals surface area contributed by atoms with Gasteiger partial charge in [0.2, 0.25) is 0 Å². The molecule has 1 unspecified atom stereocenters. The summed E-state index contributed by atoms with van der Waals surface area (Å²) < 4.78 is 0. The Balaban J connectivity index is 2.84. The summed E-state index contributed by atoms with van der Waals surface area (Å²) in [7, 11) is 0. The van der Waals surface area contributed by atoms with E-state index in [2.05, 4.69) is 5.32 Å². The number of nitrogens with one attached hydrogen (secondary N) is 1. The van der Waals surface area contributed by atoms with Crippen molar-refractivity contribution in [1.82, 2.24) is 5.32 Å². The zero-order valence-corrected chi connectivity index (χ0v) is 9.66. The van der Waals surface area contributed by atoms with Gasteiger partial charge in [-0.15, -0.1) is 0 Å². The standard InChI is InChI=1S/C12H18N2O2/c1-3-9(7-13)14-12(16)10-5-4-6-11(15)8(10)2/h4-6,9,15H,3,7,13H2,1-2H3,(H,14,16). The minimum absolute atomic E-state index is 0.0192. The number of phenolic OH excluding ortho intramolecular Hbond substituents is 1. The van der Waals surface area contributed by atoms with Crippen LogP contribution in [0.4, 0.5) is 0 Å². The number of phenols is 1. The van der Waals surface area contributed by atoms with Crippen molar-refractivity contribution in [3.63, 3.8) is 0 Å². The van der Waals surface area contributed by atoms with Crippen LogP contribution in [-0.4, -0.2) is 23.6 Å². The van der Waals surface area contributed by atoms with Gasteiger partial charge in [0.25, 0.3) is 5.91 Å². The molecule has 0 bridgehead atoms. The summed E-state index contributed by atoms with van der Waals surface area (Å²) in [5, 5.41) is 12.3. The SMILES string of the molecule is CCC(CN)NC(=O)c1cccc(O)c1C. The average molecular weight is 222 g/mol. The third-order valence-corrected chi connectivity index (χ3v) is 2.66. The lowest BCUT2D eigenvalue weighted by molar-refractivity contribution is 0.0936. The van der Waals surface area contributed by atoms with Crippen LogP contribution in [-0.2, 0) is 0 Å². The van der Waals surface area contributed by atoms with Crippen LogP contribution in [0.2, 0.25) is 0 Å². The topological polar surface area (TPSA) is 75.3 Å². The lowest BCUT2D eigenvalue weighted by Gasteiger charge is -2.15. The predicted octanol–water partition coefficient (Wildman–Crippen LogP) is 1.17. The third-order valence-electron chi connectivity index (χ3n) is 2.66. The van der Waals surface area contributed by atoms with Crippen LogP contribution in [0.15, 0.2) is 18.2 Å². The second-order valence-corrected chi connectivity index (χ2v) is 3.76. The van der Waals surface area contributed by atoms with Crippen molar-refractivity contribution in [2.45, 2.75) is 26.3 Å². The maximum absolute atomic E-state index is 11.9. The molecule has 0 saturated heterocycles. The fourth-order valence-electron chi connectivity index (χ4n) is 1.46. The number of rotatable bonds is 4. The number of hydrogen-bond donors (Lipinski definition) is 3. The summed E-state index contributed by atoms with van der Waals surface area (Å²) in [6.07, 6.45) is 0.792. The van der Waals surface area contributed by atoms with Gasteiger partial charge in [-0.2, -0.15) is 0 Å². The highest BCUT2D eigenvalue weighted by Gasteiger charge is 2.14.